The van der Waals surface area contributed by atoms with E-state index in [0.29, 0.717) is 0 Å². The molecule has 0 aromatic heterocycles. The van der Waals surface area contributed by atoms with Crippen LogP contribution in [0.3, 0.4) is 0 Å². The minimum Gasteiger partial charge on any atom is -0.489 e. The van der Waals surface area contributed by atoms with E-state index in [0.717, 1.165) is 21.6 Å². The summed E-state index contributed by atoms with van der Waals surface area (Å²) in [4.78, 5) is 12.0. The summed E-state index contributed by atoms with van der Waals surface area (Å²) in [5.41, 5.74) is 1.57. The lowest BCUT2D eigenvalue weighted by Crippen LogP contribution is -2.22. The van der Waals surface area contributed by atoms with Gasteiger partial charge < -0.3 is 15.4 Å². The maximum Gasteiger partial charge on any atom is 0.243 e. The standard InChI is InChI=1S/C17H19BrN2O2/c1-12(2)22-16-6-4-3-5-15(16)19-11-17(21)20-14-9-7-13(18)8-10-14/h3-10,12,19H,11H2,1-2H3,(H,20,21). The zero-order chi connectivity index (χ0) is 15.9. The van der Waals surface area contributed by atoms with Crippen molar-refractivity contribution in [2.45, 2.75) is 20.0 Å². The van der Waals surface area contributed by atoms with Gasteiger partial charge in [0.05, 0.1) is 18.3 Å². The van der Waals surface area contributed by atoms with Gasteiger partial charge in [0.2, 0.25) is 5.91 Å². The molecule has 2 rings (SSSR count). The molecule has 0 radical (unpaired) electrons. The number of hydrogen-bond donors (Lipinski definition) is 2. The van der Waals surface area contributed by atoms with Crippen LogP contribution in [0.5, 0.6) is 5.75 Å². The Morgan fingerprint density at radius 3 is 2.50 bits per heavy atom. The first kappa shape index (κ1) is 16.4. The third-order valence-electron chi connectivity index (χ3n) is 2.82. The van der Waals surface area contributed by atoms with Crippen LogP contribution in [0.15, 0.2) is 53.0 Å². The van der Waals surface area contributed by atoms with Crippen molar-refractivity contribution in [3.05, 3.63) is 53.0 Å². The zero-order valence-electron chi connectivity index (χ0n) is 12.6. The van der Waals surface area contributed by atoms with Crippen LogP contribution in [0.4, 0.5) is 11.4 Å². The molecule has 0 atom stereocenters. The van der Waals surface area contributed by atoms with Gasteiger partial charge in [-0.25, -0.2) is 0 Å². The van der Waals surface area contributed by atoms with Gasteiger partial charge in [-0.05, 0) is 50.2 Å². The second kappa shape index (κ2) is 7.84. The number of benzene rings is 2. The lowest BCUT2D eigenvalue weighted by atomic mass is 10.3. The van der Waals surface area contributed by atoms with E-state index in [2.05, 4.69) is 26.6 Å². The monoisotopic (exact) mass is 362 g/mol. The number of carbonyl (C=O) groups is 1. The van der Waals surface area contributed by atoms with Crippen molar-refractivity contribution in [2.75, 3.05) is 17.2 Å². The van der Waals surface area contributed by atoms with Crippen LogP contribution in [0.25, 0.3) is 0 Å². The molecule has 0 aliphatic heterocycles. The molecule has 2 aromatic carbocycles. The van der Waals surface area contributed by atoms with Crippen LogP contribution in [0.2, 0.25) is 0 Å². The average Bonchev–Trinajstić information content (AvgIpc) is 2.48. The fourth-order valence-electron chi connectivity index (χ4n) is 1.88. The Bertz CT molecular complexity index is 627. The molecule has 0 spiro atoms. The Balaban J connectivity index is 1.92. The number of ether oxygens (including phenoxy) is 1. The SMILES string of the molecule is CC(C)Oc1ccccc1NCC(=O)Nc1ccc(Br)cc1. The van der Waals surface area contributed by atoms with E-state index in [-0.39, 0.29) is 18.6 Å². The summed E-state index contributed by atoms with van der Waals surface area (Å²) in [6.45, 7) is 4.11. The van der Waals surface area contributed by atoms with Crippen molar-refractivity contribution in [3.8, 4) is 5.75 Å². The van der Waals surface area contributed by atoms with Gasteiger partial charge in [-0.1, -0.05) is 28.1 Å². The third-order valence-corrected chi connectivity index (χ3v) is 3.35. The molecule has 0 saturated heterocycles. The summed E-state index contributed by atoms with van der Waals surface area (Å²) in [6.07, 6.45) is 0.0829. The zero-order valence-corrected chi connectivity index (χ0v) is 14.2. The minimum atomic E-state index is -0.110. The molecule has 2 N–H and O–H groups in total. The topological polar surface area (TPSA) is 50.4 Å². The molecule has 0 aliphatic carbocycles. The molecule has 22 heavy (non-hydrogen) atoms. The Kier molecular flexibility index (Phi) is 5.83. The first-order chi connectivity index (χ1) is 10.5. The highest BCUT2D eigenvalue weighted by molar-refractivity contribution is 9.10. The van der Waals surface area contributed by atoms with Crippen molar-refractivity contribution in [2.24, 2.45) is 0 Å². The normalized spacial score (nSPS) is 10.4. The van der Waals surface area contributed by atoms with Gasteiger partial charge in [-0.2, -0.15) is 0 Å². The third kappa shape index (κ3) is 5.07. The van der Waals surface area contributed by atoms with Crippen LogP contribution in [0, 0.1) is 0 Å². The van der Waals surface area contributed by atoms with Crippen LogP contribution in [-0.2, 0) is 4.79 Å². The lowest BCUT2D eigenvalue weighted by molar-refractivity contribution is -0.114. The molecule has 5 heteroatoms. The summed E-state index contributed by atoms with van der Waals surface area (Å²) in [7, 11) is 0. The molecule has 0 aliphatic rings. The van der Waals surface area contributed by atoms with Gasteiger partial charge >= 0.3 is 0 Å². The van der Waals surface area contributed by atoms with Gasteiger partial charge in [0.1, 0.15) is 5.75 Å². The summed E-state index contributed by atoms with van der Waals surface area (Å²) in [6, 6.07) is 15.0. The van der Waals surface area contributed by atoms with E-state index in [1.54, 1.807) is 0 Å². The molecule has 0 heterocycles. The van der Waals surface area contributed by atoms with Crippen LogP contribution < -0.4 is 15.4 Å². The lowest BCUT2D eigenvalue weighted by Gasteiger charge is -2.15. The number of nitrogens with one attached hydrogen (secondary N) is 2. The van der Waals surface area contributed by atoms with Crippen molar-refractivity contribution >= 4 is 33.2 Å². The number of amides is 1. The predicted octanol–water partition coefficient (Wildman–Crippen LogP) is 4.29. The number of halogens is 1. The van der Waals surface area contributed by atoms with Crippen LogP contribution in [-0.4, -0.2) is 18.6 Å². The van der Waals surface area contributed by atoms with Gasteiger partial charge in [0.15, 0.2) is 0 Å². The van der Waals surface area contributed by atoms with Crippen molar-refractivity contribution in [1.82, 2.24) is 0 Å². The summed E-state index contributed by atoms with van der Waals surface area (Å²) < 4.78 is 6.69. The van der Waals surface area contributed by atoms with Gasteiger partial charge in [0, 0.05) is 10.2 Å². The molecule has 4 nitrogen and oxygen atoms in total. The number of rotatable bonds is 6. The fraction of sp³-hybridized carbons (Fsp3) is 0.235. The Morgan fingerprint density at radius 1 is 1.14 bits per heavy atom. The first-order valence-corrected chi connectivity index (χ1v) is 7.89. The number of hydrogen-bond acceptors (Lipinski definition) is 3. The molecule has 0 fully saturated rings. The quantitative estimate of drug-likeness (QED) is 0.805. The molecule has 116 valence electrons. The Morgan fingerprint density at radius 2 is 1.82 bits per heavy atom. The molecule has 0 bridgehead atoms. The maximum absolute atomic E-state index is 12.0. The summed E-state index contributed by atoms with van der Waals surface area (Å²) >= 11 is 3.36. The number of para-hydroxylation sites is 2. The number of anilines is 2. The molecule has 1 amide bonds. The van der Waals surface area contributed by atoms with Crippen molar-refractivity contribution in [3.63, 3.8) is 0 Å². The van der Waals surface area contributed by atoms with Gasteiger partial charge in [-0.15, -0.1) is 0 Å². The van der Waals surface area contributed by atoms with Gasteiger partial charge in [0.25, 0.3) is 0 Å². The van der Waals surface area contributed by atoms with E-state index >= 15 is 0 Å². The molecule has 2 aromatic rings. The summed E-state index contributed by atoms with van der Waals surface area (Å²) in [5, 5.41) is 5.94. The predicted molar refractivity (Wildman–Crippen MR) is 93.5 cm³/mol. The van der Waals surface area contributed by atoms with E-state index in [9.17, 15) is 4.79 Å². The van der Waals surface area contributed by atoms with E-state index in [1.807, 2.05) is 62.4 Å². The van der Waals surface area contributed by atoms with Crippen LogP contribution in [0.1, 0.15) is 13.8 Å². The fourth-order valence-corrected chi connectivity index (χ4v) is 2.15. The Hall–Kier alpha value is -2.01. The molecule has 0 saturated carbocycles. The van der Waals surface area contributed by atoms with Crippen molar-refractivity contribution < 1.29 is 9.53 Å². The highest BCUT2D eigenvalue weighted by atomic mass is 79.9. The van der Waals surface area contributed by atoms with Crippen LogP contribution >= 0.6 is 15.9 Å². The highest BCUT2D eigenvalue weighted by Crippen LogP contribution is 2.24. The smallest absolute Gasteiger partial charge is 0.243 e. The number of carbonyl (C=O) groups excluding carboxylic acids is 1. The Labute approximate surface area is 139 Å². The van der Waals surface area contributed by atoms with E-state index < -0.39 is 0 Å². The second-order valence-electron chi connectivity index (χ2n) is 5.07. The molecular weight excluding hydrogens is 344 g/mol. The summed E-state index contributed by atoms with van der Waals surface area (Å²) in [5.74, 6) is 0.635. The van der Waals surface area contributed by atoms with Gasteiger partial charge in [-0.3, -0.25) is 4.79 Å². The highest BCUT2D eigenvalue weighted by Gasteiger charge is 2.07. The van der Waals surface area contributed by atoms with E-state index in [1.165, 1.54) is 0 Å². The minimum absolute atomic E-state index is 0.0829. The molecule has 0 unspecified atom stereocenters. The average molecular weight is 363 g/mol. The van der Waals surface area contributed by atoms with Crippen molar-refractivity contribution in [1.29, 1.82) is 0 Å². The molecular formula is C17H19BrN2O2. The largest absolute Gasteiger partial charge is 0.489 e. The second-order valence-corrected chi connectivity index (χ2v) is 5.99. The maximum atomic E-state index is 12.0. The van der Waals surface area contributed by atoms with E-state index in [4.69, 9.17) is 4.74 Å². The first-order valence-electron chi connectivity index (χ1n) is 7.09.